The molecule has 1 aliphatic rings. The lowest BCUT2D eigenvalue weighted by atomic mass is 9.78. The first kappa shape index (κ1) is 15.0. The second-order valence-electron chi connectivity index (χ2n) is 6.72. The van der Waals surface area contributed by atoms with Gasteiger partial charge in [0, 0.05) is 6.61 Å². The summed E-state index contributed by atoms with van der Waals surface area (Å²) in [6.07, 6.45) is 6.86. The maximum Gasteiger partial charge on any atom is 0.0576 e. The average molecular weight is 242 g/mol. The fourth-order valence-corrected chi connectivity index (χ4v) is 2.33. The van der Waals surface area contributed by atoms with E-state index in [-0.39, 0.29) is 6.10 Å². The molecular weight excluding hydrogens is 212 g/mol. The van der Waals surface area contributed by atoms with Crippen LogP contribution in [0.25, 0.3) is 0 Å². The van der Waals surface area contributed by atoms with E-state index in [2.05, 4.69) is 27.7 Å². The Morgan fingerprint density at radius 1 is 1.35 bits per heavy atom. The molecule has 0 aromatic heterocycles. The number of rotatable bonds is 6. The van der Waals surface area contributed by atoms with Gasteiger partial charge in [-0.1, -0.05) is 27.7 Å². The first-order valence-corrected chi connectivity index (χ1v) is 7.19. The summed E-state index contributed by atoms with van der Waals surface area (Å²) < 4.78 is 5.59. The standard InChI is InChI=1S/C15H30O2/c1-12(15(2,3)4)11-13(16)7-5-8-14-9-6-10-17-14/h12-14,16H,5-11H2,1-4H3. The van der Waals surface area contributed by atoms with Crippen LogP contribution < -0.4 is 0 Å². The molecule has 0 aromatic rings. The Bertz CT molecular complexity index is 201. The van der Waals surface area contributed by atoms with Crippen LogP contribution in [0.15, 0.2) is 0 Å². The van der Waals surface area contributed by atoms with Gasteiger partial charge in [-0.15, -0.1) is 0 Å². The normalized spacial score (nSPS) is 24.9. The molecule has 3 unspecified atom stereocenters. The zero-order valence-electron chi connectivity index (χ0n) is 12.0. The minimum atomic E-state index is -0.134. The van der Waals surface area contributed by atoms with Gasteiger partial charge >= 0.3 is 0 Å². The monoisotopic (exact) mass is 242 g/mol. The number of ether oxygens (including phenoxy) is 1. The fraction of sp³-hybridized carbons (Fsp3) is 1.00. The van der Waals surface area contributed by atoms with Crippen molar-refractivity contribution < 1.29 is 9.84 Å². The largest absolute Gasteiger partial charge is 0.393 e. The van der Waals surface area contributed by atoms with E-state index in [0.717, 1.165) is 32.3 Å². The molecule has 102 valence electrons. The van der Waals surface area contributed by atoms with E-state index in [9.17, 15) is 5.11 Å². The second kappa shape index (κ2) is 6.75. The van der Waals surface area contributed by atoms with Gasteiger partial charge in [-0.2, -0.15) is 0 Å². The van der Waals surface area contributed by atoms with Crippen molar-refractivity contribution in [3.63, 3.8) is 0 Å². The smallest absolute Gasteiger partial charge is 0.0576 e. The molecule has 1 fully saturated rings. The van der Waals surface area contributed by atoms with E-state index in [1.807, 2.05) is 0 Å². The van der Waals surface area contributed by atoms with Crippen molar-refractivity contribution in [3.05, 3.63) is 0 Å². The van der Waals surface area contributed by atoms with Gasteiger partial charge in [0.15, 0.2) is 0 Å². The molecule has 17 heavy (non-hydrogen) atoms. The third-order valence-electron chi connectivity index (χ3n) is 4.19. The van der Waals surface area contributed by atoms with Gasteiger partial charge in [0.1, 0.15) is 0 Å². The van der Waals surface area contributed by atoms with Crippen LogP contribution in [-0.4, -0.2) is 23.9 Å². The van der Waals surface area contributed by atoms with E-state index in [0.29, 0.717) is 17.4 Å². The zero-order valence-corrected chi connectivity index (χ0v) is 12.0. The van der Waals surface area contributed by atoms with Gasteiger partial charge in [0.25, 0.3) is 0 Å². The van der Waals surface area contributed by atoms with Crippen molar-refractivity contribution in [1.82, 2.24) is 0 Å². The van der Waals surface area contributed by atoms with Crippen molar-refractivity contribution in [2.24, 2.45) is 11.3 Å². The topological polar surface area (TPSA) is 29.5 Å². The lowest BCUT2D eigenvalue weighted by Gasteiger charge is -2.29. The molecule has 1 heterocycles. The fourth-order valence-electron chi connectivity index (χ4n) is 2.33. The van der Waals surface area contributed by atoms with Gasteiger partial charge in [-0.3, -0.25) is 0 Å². The lowest BCUT2D eigenvalue weighted by molar-refractivity contribution is 0.0813. The molecule has 1 rings (SSSR count). The van der Waals surface area contributed by atoms with Crippen molar-refractivity contribution in [2.45, 2.75) is 78.4 Å². The number of hydrogen-bond acceptors (Lipinski definition) is 2. The minimum Gasteiger partial charge on any atom is -0.393 e. The molecular formula is C15H30O2. The van der Waals surface area contributed by atoms with Gasteiger partial charge in [-0.05, 0) is 49.9 Å². The molecule has 1 N–H and O–H groups in total. The average Bonchev–Trinajstić information content (AvgIpc) is 2.69. The van der Waals surface area contributed by atoms with E-state index in [4.69, 9.17) is 4.74 Å². The highest BCUT2D eigenvalue weighted by Crippen LogP contribution is 2.30. The first-order valence-electron chi connectivity index (χ1n) is 7.19. The Balaban J connectivity index is 2.10. The van der Waals surface area contributed by atoms with Crippen LogP contribution in [0.1, 0.15) is 66.2 Å². The molecule has 0 spiro atoms. The van der Waals surface area contributed by atoms with Crippen LogP contribution in [0.2, 0.25) is 0 Å². The molecule has 1 aliphatic heterocycles. The third-order valence-corrected chi connectivity index (χ3v) is 4.19. The van der Waals surface area contributed by atoms with E-state index in [1.165, 1.54) is 12.8 Å². The first-order chi connectivity index (χ1) is 7.89. The van der Waals surface area contributed by atoms with E-state index >= 15 is 0 Å². The van der Waals surface area contributed by atoms with E-state index in [1.54, 1.807) is 0 Å². The van der Waals surface area contributed by atoms with Gasteiger partial charge in [0.2, 0.25) is 0 Å². The zero-order chi connectivity index (χ0) is 12.9. The van der Waals surface area contributed by atoms with Gasteiger partial charge in [-0.25, -0.2) is 0 Å². The summed E-state index contributed by atoms with van der Waals surface area (Å²) in [6.45, 7) is 9.92. The Kier molecular flexibility index (Phi) is 5.94. The van der Waals surface area contributed by atoms with Crippen LogP contribution in [0, 0.1) is 11.3 Å². The summed E-state index contributed by atoms with van der Waals surface area (Å²) in [5.74, 6) is 0.570. The van der Waals surface area contributed by atoms with Crippen molar-refractivity contribution in [1.29, 1.82) is 0 Å². The minimum absolute atomic E-state index is 0.134. The lowest BCUT2D eigenvalue weighted by Crippen LogP contribution is -2.23. The quantitative estimate of drug-likeness (QED) is 0.768. The summed E-state index contributed by atoms with van der Waals surface area (Å²) in [4.78, 5) is 0. The van der Waals surface area contributed by atoms with Crippen LogP contribution in [0.5, 0.6) is 0 Å². The van der Waals surface area contributed by atoms with Crippen LogP contribution in [0.3, 0.4) is 0 Å². The van der Waals surface area contributed by atoms with Crippen LogP contribution in [0.4, 0.5) is 0 Å². The Labute approximate surface area is 107 Å². The second-order valence-corrected chi connectivity index (χ2v) is 6.72. The van der Waals surface area contributed by atoms with Crippen molar-refractivity contribution >= 4 is 0 Å². The highest BCUT2D eigenvalue weighted by atomic mass is 16.5. The molecule has 0 aromatic carbocycles. The summed E-state index contributed by atoms with van der Waals surface area (Å²) in [5, 5.41) is 10.0. The highest BCUT2D eigenvalue weighted by Gasteiger charge is 2.23. The summed E-state index contributed by atoms with van der Waals surface area (Å²) in [7, 11) is 0. The third kappa shape index (κ3) is 5.87. The Morgan fingerprint density at radius 3 is 2.59 bits per heavy atom. The molecule has 0 saturated carbocycles. The molecule has 0 aliphatic carbocycles. The number of aliphatic hydroxyl groups is 1. The maximum atomic E-state index is 10.0. The Hall–Kier alpha value is -0.0800. The SMILES string of the molecule is CC(CC(O)CCCC1CCCO1)C(C)(C)C. The van der Waals surface area contributed by atoms with Crippen LogP contribution in [-0.2, 0) is 4.74 Å². The molecule has 0 bridgehead atoms. The summed E-state index contributed by atoms with van der Waals surface area (Å²) in [6, 6.07) is 0. The van der Waals surface area contributed by atoms with Gasteiger partial charge in [0.05, 0.1) is 12.2 Å². The van der Waals surface area contributed by atoms with Gasteiger partial charge < -0.3 is 9.84 Å². The molecule has 1 saturated heterocycles. The number of aliphatic hydroxyl groups excluding tert-OH is 1. The maximum absolute atomic E-state index is 10.0. The predicted molar refractivity (Wildman–Crippen MR) is 72.1 cm³/mol. The molecule has 2 heteroatoms. The molecule has 2 nitrogen and oxygen atoms in total. The van der Waals surface area contributed by atoms with E-state index < -0.39 is 0 Å². The Morgan fingerprint density at radius 2 is 2.06 bits per heavy atom. The van der Waals surface area contributed by atoms with Crippen LogP contribution >= 0.6 is 0 Å². The molecule has 0 amide bonds. The predicted octanol–water partition coefficient (Wildman–Crippen LogP) is 3.77. The molecule has 3 atom stereocenters. The number of hydrogen-bond donors (Lipinski definition) is 1. The molecule has 0 radical (unpaired) electrons. The highest BCUT2D eigenvalue weighted by molar-refractivity contribution is 4.74. The summed E-state index contributed by atoms with van der Waals surface area (Å²) in [5.41, 5.74) is 0.301. The van der Waals surface area contributed by atoms with Crippen molar-refractivity contribution in [3.8, 4) is 0 Å². The van der Waals surface area contributed by atoms with Crippen molar-refractivity contribution in [2.75, 3.05) is 6.61 Å². The summed E-state index contributed by atoms with van der Waals surface area (Å²) >= 11 is 0.